The molecule has 0 aliphatic carbocycles. The molecule has 0 spiro atoms. The van der Waals surface area contributed by atoms with Gasteiger partial charge in [-0.15, -0.1) is 0 Å². The zero-order valence-electron chi connectivity index (χ0n) is 11.3. The monoisotopic (exact) mass is 273 g/mol. The average Bonchev–Trinajstić information content (AvgIpc) is 2.44. The summed E-state index contributed by atoms with van der Waals surface area (Å²) >= 11 is 0. The molecule has 1 heterocycles. The summed E-state index contributed by atoms with van der Waals surface area (Å²) in [5.41, 5.74) is 1.57. The Kier molecular flexibility index (Phi) is 4.14. The van der Waals surface area contributed by atoms with Gasteiger partial charge in [0.2, 0.25) is 5.95 Å². The number of rotatable bonds is 5. The normalized spacial score (nSPS) is 10.1. The Bertz CT molecular complexity index is 629. The maximum absolute atomic E-state index is 10.9. The summed E-state index contributed by atoms with van der Waals surface area (Å²) in [6.07, 6.45) is 0. The van der Waals surface area contributed by atoms with E-state index in [0.717, 1.165) is 11.3 Å². The van der Waals surface area contributed by atoms with Crippen LogP contribution in [0, 0.1) is 6.92 Å². The first-order valence-electron chi connectivity index (χ1n) is 6.04. The van der Waals surface area contributed by atoms with Crippen LogP contribution in [0.5, 0.6) is 5.75 Å². The Balaban J connectivity index is 2.12. The van der Waals surface area contributed by atoms with Gasteiger partial charge in [0.25, 0.3) is 0 Å². The summed E-state index contributed by atoms with van der Waals surface area (Å²) in [5.74, 6) is -0.00849. The Morgan fingerprint density at radius 2 is 2.15 bits per heavy atom. The van der Waals surface area contributed by atoms with Crippen LogP contribution in [0.2, 0.25) is 0 Å². The number of aromatic carboxylic acids is 1. The molecule has 2 N–H and O–H groups in total. The fourth-order valence-electron chi connectivity index (χ4n) is 1.72. The number of benzene rings is 1. The van der Waals surface area contributed by atoms with Gasteiger partial charge in [-0.2, -0.15) is 0 Å². The quantitative estimate of drug-likeness (QED) is 0.868. The van der Waals surface area contributed by atoms with Gasteiger partial charge in [0.15, 0.2) is 5.69 Å². The van der Waals surface area contributed by atoms with Crippen molar-refractivity contribution in [3.8, 4) is 5.75 Å². The molecule has 6 nitrogen and oxygen atoms in total. The average molecular weight is 273 g/mol. The lowest BCUT2D eigenvalue weighted by Gasteiger charge is -2.08. The summed E-state index contributed by atoms with van der Waals surface area (Å²) < 4.78 is 5.14. The number of aryl methyl sites for hydroxylation is 1. The van der Waals surface area contributed by atoms with E-state index in [4.69, 9.17) is 9.84 Å². The van der Waals surface area contributed by atoms with Crippen LogP contribution in [0.15, 0.2) is 30.3 Å². The van der Waals surface area contributed by atoms with Crippen molar-refractivity contribution in [2.24, 2.45) is 0 Å². The van der Waals surface area contributed by atoms with E-state index in [1.807, 2.05) is 24.3 Å². The Labute approximate surface area is 116 Å². The van der Waals surface area contributed by atoms with Crippen LogP contribution in [0.25, 0.3) is 0 Å². The van der Waals surface area contributed by atoms with E-state index in [0.29, 0.717) is 18.2 Å². The summed E-state index contributed by atoms with van der Waals surface area (Å²) in [5, 5.41) is 12.0. The molecule has 0 aliphatic rings. The lowest BCUT2D eigenvalue weighted by atomic mass is 10.2. The minimum absolute atomic E-state index is 0.0226. The summed E-state index contributed by atoms with van der Waals surface area (Å²) in [4.78, 5) is 19.0. The highest BCUT2D eigenvalue weighted by Crippen LogP contribution is 2.13. The third-order valence-corrected chi connectivity index (χ3v) is 2.66. The number of ether oxygens (including phenoxy) is 1. The zero-order chi connectivity index (χ0) is 14.5. The van der Waals surface area contributed by atoms with Crippen molar-refractivity contribution >= 4 is 11.9 Å². The van der Waals surface area contributed by atoms with Crippen LogP contribution in [0.1, 0.15) is 21.7 Å². The smallest absolute Gasteiger partial charge is 0.354 e. The van der Waals surface area contributed by atoms with E-state index in [1.165, 1.54) is 6.07 Å². The molecular formula is C14H15N3O3. The van der Waals surface area contributed by atoms with Gasteiger partial charge in [-0.05, 0) is 30.7 Å². The molecule has 0 atom stereocenters. The van der Waals surface area contributed by atoms with Crippen molar-refractivity contribution < 1.29 is 14.6 Å². The topological polar surface area (TPSA) is 84.3 Å². The number of nitrogens with one attached hydrogen (secondary N) is 1. The van der Waals surface area contributed by atoms with Gasteiger partial charge >= 0.3 is 5.97 Å². The molecule has 1 aromatic heterocycles. The fourth-order valence-corrected chi connectivity index (χ4v) is 1.72. The molecular weight excluding hydrogens is 258 g/mol. The molecule has 2 rings (SSSR count). The van der Waals surface area contributed by atoms with Crippen molar-refractivity contribution in [1.29, 1.82) is 0 Å². The minimum Gasteiger partial charge on any atom is -0.497 e. The highest BCUT2D eigenvalue weighted by molar-refractivity contribution is 5.85. The van der Waals surface area contributed by atoms with Crippen molar-refractivity contribution in [1.82, 2.24) is 9.97 Å². The molecule has 0 radical (unpaired) electrons. The van der Waals surface area contributed by atoms with Crippen LogP contribution in [-0.4, -0.2) is 28.2 Å². The van der Waals surface area contributed by atoms with Gasteiger partial charge in [0.1, 0.15) is 5.75 Å². The van der Waals surface area contributed by atoms with Crippen LogP contribution in [0.3, 0.4) is 0 Å². The Hall–Kier alpha value is -2.63. The molecule has 0 fully saturated rings. The highest BCUT2D eigenvalue weighted by Gasteiger charge is 2.08. The summed E-state index contributed by atoms with van der Waals surface area (Å²) in [6, 6.07) is 8.99. The van der Waals surface area contributed by atoms with Gasteiger partial charge in [-0.1, -0.05) is 12.1 Å². The molecule has 104 valence electrons. The van der Waals surface area contributed by atoms with E-state index in [9.17, 15) is 4.79 Å². The maximum Gasteiger partial charge on any atom is 0.354 e. The standard InChI is InChI=1S/C14H15N3O3/c1-9-6-12(13(18)19)17-14(16-9)15-8-10-4-3-5-11(7-10)20-2/h3-7H,8H2,1-2H3,(H,18,19)(H,15,16,17). The van der Waals surface area contributed by atoms with Crippen LogP contribution < -0.4 is 10.1 Å². The zero-order valence-corrected chi connectivity index (χ0v) is 11.3. The number of aromatic nitrogens is 2. The maximum atomic E-state index is 10.9. The first kappa shape index (κ1) is 13.8. The number of carbonyl (C=O) groups is 1. The number of hydrogen-bond acceptors (Lipinski definition) is 5. The number of hydrogen-bond donors (Lipinski definition) is 2. The molecule has 0 amide bonds. The van der Waals surface area contributed by atoms with Crippen molar-refractivity contribution in [3.05, 3.63) is 47.3 Å². The van der Waals surface area contributed by atoms with Crippen LogP contribution in [-0.2, 0) is 6.54 Å². The lowest BCUT2D eigenvalue weighted by molar-refractivity contribution is 0.0690. The number of carboxylic acid groups (broad SMARTS) is 1. The largest absolute Gasteiger partial charge is 0.497 e. The second-order valence-corrected chi connectivity index (χ2v) is 4.23. The molecule has 0 unspecified atom stereocenters. The van der Waals surface area contributed by atoms with E-state index in [-0.39, 0.29) is 5.69 Å². The third kappa shape index (κ3) is 3.44. The molecule has 6 heteroatoms. The molecule has 0 saturated carbocycles. The summed E-state index contributed by atoms with van der Waals surface area (Å²) in [7, 11) is 1.61. The molecule has 0 saturated heterocycles. The van der Waals surface area contributed by atoms with Crippen molar-refractivity contribution in [2.75, 3.05) is 12.4 Å². The molecule has 2 aromatic rings. The lowest BCUT2D eigenvalue weighted by Crippen LogP contribution is -2.09. The SMILES string of the molecule is COc1cccc(CNc2nc(C)cc(C(=O)O)n2)c1. The van der Waals surface area contributed by atoms with Gasteiger partial charge in [0, 0.05) is 12.2 Å². The number of carboxylic acids is 1. The summed E-state index contributed by atoms with van der Waals surface area (Å²) in [6.45, 7) is 2.21. The predicted molar refractivity (Wildman–Crippen MR) is 74.0 cm³/mol. The Morgan fingerprint density at radius 3 is 2.85 bits per heavy atom. The van der Waals surface area contributed by atoms with Crippen LogP contribution in [0.4, 0.5) is 5.95 Å². The number of methoxy groups -OCH3 is 1. The van der Waals surface area contributed by atoms with Crippen molar-refractivity contribution in [2.45, 2.75) is 13.5 Å². The van der Waals surface area contributed by atoms with Gasteiger partial charge < -0.3 is 15.2 Å². The number of nitrogens with zero attached hydrogens (tertiary/aromatic N) is 2. The first-order valence-corrected chi connectivity index (χ1v) is 6.04. The predicted octanol–water partition coefficient (Wildman–Crippen LogP) is 2.10. The second-order valence-electron chi connectivity index (χ2n) is 4.23. The van der Waals surface area contributed by atoms with E-state index < -0.39 is 5.97 Å². The molecule has 0 aliphatic heterocycles. The van der Waals surface area contributed by atoms with Gasteiger partial charge in [-0.25, -0.2) is 14.8 Å². The minimum atomic E-state index is -1.07. The highest BCUT2D eigenvalue weighted by atomic mass is 16.5. The van der Waals surface area contributed by atoms with Crippen LogP contribution >= 0.6 is 0 Å². The first-order chi connectivity index (χ1) is 9.58. The van der Waals surface area contributed by atoms with Gasteiger partial charge in [-0.3, -0.25) is 0 Å². The number of anilines is 1. The fraction of sp³-hybridized carbons (Fsp3) is 0.214. The van der Waals surface area contributed by atoms with E-state index >= 15 is 0 Å². The third-order valence-electron chi connectivity index (χ3n) is 2.66. The molecule has 1 aromatic carbocycles. The Morgan fingerprint density at radius 1 is 1.35 bits per heavy atom. The second kappa shape index (κ2) is 6.01. The molecule has 0 bridgehead atoms. The molecule has 20 heavy (non-hydrogen) atoms. The van der Waals surface area contributed by atoms with Gasteiger partial charge in [0.05, 0.1) is 7.11 Å². The van der Waals surface area contributed by atoms with E-state index in [1.54, 1.807) is 14.0 Å². The van der Waals surface area contributed by atoms with E-state index in [2.05, 4.69) is 15.3 Å². The van der Waals surface area contributed by atoms with Crippen molar-refractivity contribution in [3.63, 3.8) is 0 Å².